The normalized spacial score (nSPS) is 21.8. The average molecular weight is 1550 g/mol. The maximum absolute atomic E-state index is 14.9. The molecule has 1 heterocycles. The summed E-state index contributed by atoms with van der Waals surface area (Å²) in [5, 5.41) is 57.8. The Labute approximate surface area is 595 Å². The van der Waals surface area contributed by atoms with Gasteiger partial charge in [0.2, 0.25) is 65.0 Å². The Kier molecular flexibility index (Phi) is 42.5. The Bertz CT molecular complexity index is 3230. The van der Waals surface area contributed by atoms with Gasteiger partial charge in [-0.25, -0.2) is 0 Å². The third kappa shape index (κ3) is 41.1. The van der Waals surface area contributed by atoms with E-state index >= 15 is 0 Å². The maximum atomic E-state index is 14.9. The van der Waals surface area contributed by atoms with Gasteiger partial charge in [-0.1, -0.05) is 60.8 Å². The third-order valence-electron chi connectivity index (χ3n) is 15.4. The largest absolute Gasteiger partial charge is 0.391 e. The van der Waals surface area contributed by atoms with Crippen molar-refractivity contribution in [1.82, 2.24) is 79.8 Å². The van der Waals surface area contributed by atoms with Crippen molar-refractivity contribution in [2.75, 3.05) is 62.8 Å². The van der Waals surface area contributed by atoms with Gasteiger partial charge in [0.05, 0.1) is 12.2 Å². The number of nitrogens with one attached hydrogen (secondary N) is 15. The molecule has 1 unspecified atom stereocenters. The summed E-state index contributed by atoms with van der Waals surface area (Å²) in [6, 6.07) is -17.7. The lowest BCUT2D eigenvalue weighted by atomic mass is 9.99. The van der Waals surface area contributed by atoms with E-state index in [1.165, 1.54) is 0 Å². The van der Waals surface area contributed by atoms with E-state index in [4.69, 9.17) is 5.73 Å². The predicted molar refractivity (Wildman–Crippen MR) is 367 cm³/mol. The Morgan fingerprint density at radius 2 is 0.892 bits per heavy atom. The molecule has 590 valence electrons. The fraction of sp³-hybridized carbons (Fsp3) is 0.807. The Balaban J connectivity index is 4.26. The van der Waals surface area contributed by atoms with Gasteiger partial charge in [-0.2, -0.15) is 33.7 Å². The molecule has 13 atom stereocenters. The second kappa shape index (κ2) is 46.4. The van der Waals surface area contributed by atoms with Crippen LogP contribution in [0.25, 0.3) is 0 Å². The van der Waals surface area contributed by atoms with Gasteiger partial charge >= 0.3 is 0 Å². The molecule has 0 aromatic carbocycles. The molecule has 0 saturated carbocycles. The SMILES string of the molecule is CC[C@H](C)CCCCC(=O)N[C@@H](CCNCS(=O)(=O)O)C(=O)N[C@H](C(=O)N[C@@H](CCNCS(=O)(=O)O)C(=O)N[C@H]1CCNC(=O)C([C@@H](C)O)NC(=O)[C@H](CCNCS(=O)(=O)O)NC(=O)[C@H](CCN)NC(=O)[C@H](CC(C)C)NC(=O)[C@@H](CC(C)C)NC(=O)[C@H](CCNCS(=O)(=O)O)NC1=O)[C@@H](C)O. The summed E-state index contributed by atoms with van der Waals surface area (Å²) in [6.07, 6.45) is -4.44. The molecule has 45 heteroatoms. The van der Waals surface area contributed by atoms with E-state index in [-0.39, 0.29) is 51.1 Å². The summed E-state index contributed by atoms with van der Waals surface area (Å²) in [4.78, 5) is 157. The maximum Gasteiger partial charge on any atom is 0.278 e. The first kappa shape index (κ1) is 93.5. The van der Waals surface area contributed by atoms with Gasteiger partial charge in [0.1, 0.15) is 83.9 Å². The lowest BCUT2D eigenvalue weighted by Gasteiger charge is -2.29. The molecule has 23 N–H and O–H groups in total. The number of amides is 11. The van der Waals surface area contributed by atoms with Crippen LogP contribution in [0.4, 0.5) is 0 Å². The zero-order valence-electron chi connectivity index (χ0n) is 58.6. The van der Waals surface area contributed by atoms with Crippen LogP contribution >= 0.6 is 0 Å². The van der Waals surface area contributed by atoms with Gasteiger partial charge in [-0.15, -0.1) is 0 Å². The van der Waals surface area contributed by atoms with E-state index in [2.05, 4.69) is 79.8 Å². The monoisotopic (exact) mass is 1540 g/mol. The van der Waals surface area contributed by atoms with Crippen LogP contribution in [-0.2, 0) is 93.2 Å². The minimum absolute atomic E-state index is 0.0703. The molecule has 11 amide bonds. The molecule has 0 aliphatic carbocycles. The molecular weight excluding hydrogens is 1440 g/mol. The minimum Gasteiger partial charge on any atom is -0.391 e. The highest BCUT2D eigenvalue weighted by Crippen LogP contribution is 2.15. The Hall–Kier alpha value is -6.47. The molecule has 1 fully saturated rings. The van der Waals surface area contributed by atoms with Crippen LogP contribution in [0.5, 0.6) is 0 Å². The van der Waals surface area contributed by atoms with Gasteiger partial charge in [-0.3, -0.25) is 71.0 Å². The summed E-state index contributed by atoms with van der Waals surface area (Å²) in [6.45, 7) is 9.93. The lowest BCUT2D eigenvalue weighted by Crippen LogP contribution is -2.62. The highest BCUT2D eigenvalue weighted by atomic mass is 32.2. The number of carbonyl (C=O) groups excluding carboxylic acids is 11. The number of hydrogen-bond acceptors (Lipinski definition) is 26. The second-order valence-corrected chi connectivity index (χ2v) is 31.5. The first-order valence-corrected chi connectivity index (χ1v) is 39.7. The van der Waals surface area contributed by atoms with Crippen LogP contribution in [-0.4, -0.2) is 262 Å². The van der Waals surface area contributed by atoms with Crippen LogP contribution < -0.4 is 85.5 Å². The molecule has 0 spiro atoms. The van der Waals surface area contributed by atoms with Crippen LogP contribution in [0.15, 0.2) is 0 Å². The smallest absolute Gasteiger partial charge is 0.278 e. The summed E-state index contributed by atoms with van der Waals surface area (Å²) in [5.74, 6) is -17.0. The molecule has 0 bridgehead atoms. The van der Waals surface area contributed by atoms with Crippen molar-refractivity contribution < 1.29 is 115 Å². The van der Waals surface area contributed by atoms with Crippen LogP contribution in [0, 0.1) is 17.8 Å². The molecule has 0 radical (unpaired) electrons. The van der Waals surface area contributed by atoms with E-state index in [0.29, 0.717) is 18.8 Å². The standard InChI is InChI=1S/C57H108N16O25S4/c1-9-34(6)12-10-11-13-45(76)64-38(15-21-59-28-99(87,88)89)52(81)73-47(36(8)75)57(86)69-40(17-23-61-30-101(93,94)95)49(78)68-42-19-25-63-56(85)46(35(7)74)72-53(82)41(18-24-62-31-102(96,97)98)67-48(77)37(14-20-58)65-54(83)43(26-32(2)3)71-55(84)44(27-33(4)5)70-51(80)39(66-50(42)79)16-22-60-29-100(90,91)92/h32-44,46-47,59-62,74-75H,9-31,58H2,1-8H3,(H,63,85)(H,64,76)(H,65,83)(H,66,79)(H,67,77)(H,68,78)(H,69,86)(H,70,80)(H,71,84)(H,72,82)(H,73,81)(H,87,88,89)(H,90,91,92)(H,93,94,95)(H,96,97,98)/t34-,35+,36+,37-,38-,39-,40-,41-,42-,43-,44+,46?,47-/m0/s1. The van der Waals surface area contributed by atoms with Crippen molar-refractivity contribution in [1.29, 1.82) is 0 Å². The van der Waals surface area contributed by atoms with Crippen LogP contribution in [0.2, 0.25) is 0 Å². The van der Waals surface area contributed by atoms with Crippen molar-refractivity contribution in [2.45, 2.75) is 211 Å². The number of hydrogen-bond donors (Lipinski definition) is 22. The van der Waals surface area contributed by atoms with Crippen molar-refractivity contribution in [3.63, 3.8) is 0 Å². The van der Waals surface area contributed by atoms with Gasteiger partial charge < -0.3 is 95.7 Å². The molecule has 1 rings (SSSR count). The van der Waals surface area contributed by atoms with Crippen LogP contribution in [0.3, 0.4) is 0 Å². The zero-order chi connectivity index (χ0) is 77.9. The summed E-state index contributed by atoms with van der Waals surface area (Å²) in [7, 11) is -18.7. The van der Waals surface area contributed by atoms with E-state index in [1.807, 2.05) is 13.8 Å². The zero-order valence-corrected chi connectivity index (χ0v) is 61.8. The van der Waals surface area contributed by atoms with E-state index in [0.717, 1.165) is 26.7 Å². The number of nitrogens with two attached hydrogens (primary N) is 1. The van der Waals surface area contributed by atoms with Crippen LogP contribution in [0.1, 0.15) is 139 Å². The average Bonchev–Trinajstić information content (AvgIpc) is 0.917. The Morgan fingerprint density at radius 3 is 1.30 bits per heavy atom. The molecule has 1 saturated heterocycles. The van der Waals surface area contributed by atoms with Crippen molar-refractivity contribution >= 4 is 105 Å². The van der Waals surface area contributed by atoms with Gasteiger partial charge in [0.25, 0.3) is 40.5 Å². The van der Waals surface area contributed by atoms with E-state index in [9.17, 15) is 115 Å². The molecule has 0 aromatic heterocycles. The fourth-order valence-electron chi connectivity index (χ4n) is 9.89. The molecule has 41 nitrogen and oxygen atoms in total. The molecule has 0 aromatic rings. The number of rotatable bonds is 41. The highest BCUT2D eigenvalue weighted by Gasteiger charge is 2.38. The number of unbranched alkanes of at least 4 members (excludes halogenated alkanes) is 1. The van der Waals surface area contributed by atoms with Gasteiger partial charge in [0.15, 0.2) is 0 Å². The highest BCUT2D eigenvalue weighted by molar-refractivity contribution is 7.86. The van der Waals surface area contributed by atoms with E-state index < -0.39 is 259 Å². The number of aliphatic hydroxyl groups excluding tert-OH is 2. The predicted octanol–water partition coefficient (Wildman–Crippen LogP) is -7.54. The quantitative estimate of drug-likeness (QED) is 0.0200. The first-order valence-electron chi connectivity index (χ1n) is 33.3. The lowest BCUT2D eigenvalue weighted by molar-refractivity contribution is -0.137. The number of carbonyl (C=O) groups is 11. The summed E-state index contributed by atoms with van der Waals surface area (Å²) in [5.41, 5.74) is 5.85. The van der Waals surface area contributed by atoms with Crippen molar-refractivity contribution in [2.24, 2.45) is 23.5 Å². The summed E-state index contributed by atoms with van der Waals surface area (Å²) >= 11 is 0. The van der Waals surface area contributed by atoms with E-state index in [1.54, 1.807) is 27.7 Å². The third-order valence-corrected chi connectivity index (χ3v) is 17.7. The van der Waals surface area contributed by atoms with Gasteiger partial charge in [-0.05, 0) is 122 Å². The minimum atomic E-state index is -4.75. The molecule has 102 heavy (non-hydrogen) atoms. The molecule has 1 aliphatic rings. The topological polar surface area (TPSA) is 652 Å². The number of aliphatic hydroxyl groups is 2. The second-order valence-electron chi connectivity index (χ2n) is 25.7. The first-order chi connectivity index (χ1) is 47.3. The van der Waals surface area contributed by atoms with Gasteiger partial charge in [0, 0.05) is 13.0 Å². The van der Waals surface area contributed by atoms with Crippen molar-refractivity contribution in [3.05, 3.63) is 0 Å². The summed E-state index contributed by atoms with van der Waals surface area (Å²) < 4.78 is 130. The van der Waals surface area contributed by atoms with Crippen molar-refractivity contribution in [3.8, 4) is 0 Å². The molecular formula is C57H108N16O25S4. The molecule has 1 aliphatic heterocycles. The fourth-order valence-corrected chi connectivity index (χ4v) is 11.5. The Morgan fingerprint density at radius 1 is 0.490 bits per heavy atom.